The van der Waals surface area contributed by atoms with Gasteiger partial charge >= 0.3 is 5.97 Å². The fourth-order valence-electron chi connectivity index (χ4n) is 2.45. The number of ether oxygens (including phenoxy) is 2. The number of carbonyl (C=O) groups excluding carboxylic acids is 1. The Morgan fingerprint density at radius 2 is 2.10 bits per heavy atom. The SMILES string of the molecule is CCC[C@@H]1CC[C@H](O)[C@@H](COC(=O)c2ccccc2)O1. The third-order valence-electron chi connectivity index (χ3n) is 3.58. The van der Waals surface area contributed by atoms with Crippen molar-refractivity contribution in [2.75, 3.05) is 6.61 Å². The minimum absolute atomic E-state index is 0.106. The molecule has 1 fully saturated rings. The van der Waals surface area contributed by atoms with Crippen molar-refractivity contribution in [3.8, 4) is 0 Å². The number of rotatable bonds is 5. The van der Waals surface area contributed by atoms with Gasteiger partial charge in [0.15, 0.2) is 0 Å². The quantitative estimate of drug-likeness (QED) is 0.841. The lowest BCUT2D eigenvalue weighted by molar-refractivity contribution is -0.136. The molecule has 20 heavy (non-hydrogen) atoms. The van der Waals surface area contributed by atoms with Gasteiger partial charge in [0.2, 0.25) is 0 Å². The molecule has 0 aromatic heterocycles. The zero-order valence-electron chi connectivity index (χ0n) is 11.8. The van der Waals surface area contributed by atoms with E-state index < -0.39 is 12.2 Å². The van der Waals surface area contributed by atoms with Crippen molar-refractivity contribution in [1.29, 1.82) is 0 Å². The van der Waals surface area contributed by atoms with Gasteiger partial charge in [-0.05, 0) is 31.4 Å². The van der Waals surface area contributed by atoms with Gasteiger partial charge in [-0.1, -0.05) is 31.5 Å². The summed E-state index contributed by atoms with van der Waals surface area (Å²) in [6.45, 7) is 2.22. The zero-order chi connectivity index (χ0) is 14.4. The van der Waals surface area contributed by atoms with Gasteiger partial charge in [-0.25, -0.2) is 4.79 Å². The van der Waals surface area contributed by atoms with Crippen LogP contribution in [0.3, 0.4) is 0 Å². The molecule has 3 atom stereocenters. The smallest absolute Gasteiger partial charge is 0.338 e. The summed E-state index contributed by atoms with van der Waals surface area (Å²) in [5.41, 5.74) is 0.517. The average Bonchev–Trinajstić information content (AvgIpc) is 2.48. The number of benzene rings is 1. The molecule has 0 bridgehead atoms. The molecule has 4 heteroatoms. The highest BCUT2D eigenvalue weighted by Crippen LogP contribution is 2.23. The minimum atomic E-state index is -0.549. The second-order valence-corrected chi connectivity index (χ2v) is 5.19. The van der Waals surface area contributed by atoms with Gasteiger partial charge < -0.3 is 14.6 Å². The van der Waals surface area contributed by atoms with Crippen molar-refractivity contribution in [3.63, 3.8) is 0 Å². The van der Waals surface area contributed by atoms with Crippen molar-refractivity contribution in [1.82, 2.24) is 0 Å². The molecule has 0 unspecified atom stereocenters. The number of hydrogen-bond donors (Lipinski definition) is 1. The van der Waals surface area contributed by atoms with Crippen LogP contribution >= 0.6 is 0 Å². The van der Waals surface area contributed by atoms with Crippen LogP contribution in [0.15, 0.2) is 30.3 Å². The summed E-state index contributed by atoms with van der Waals surface area (Å²) < 4.78 is 11.0. The van der Waals surface area contributed by atoms with E-state index in [0.717, 1.165) is 19.3 Å². The van der Waals surface area contributed by atoms with Crippen LogP contribution in [0.4, 0.5) is 0 Å². The number of aliphatic hydroxyl groups excluding tert-OH is 1. The Morgan fingerprint density at radius 3 is 2.80 bits per heavy atom. The van der Waals surface area contributed by atoms with E-state index in [1.54, 1.807) is 24.3 Å². The van der Waals surface area contributed by atoms with Gasteiger partial charge in [-0.3, -0.25) is 0 Å². The van der Waals surface area contributed by atoms with Gasteiger partial charge in [0.05, 0.1) is 17.8 Å². The van der Waals surface area contributed by atoms with Gasteiger partial charge in [-0.15, -0.1) is 0 Å². The Labute approximate surface area is 119 Å². The van der Waals surface area contributed by atoms with Crippen LogP contribution in [0.25, 0.3) is 0 Å². The van der Waals surface area contributed by atoms with Crippen LogP contribution in [-0.4, -0.2) is 36.0 Å². The van der Waals surface area contributed by atoms with Crippen LogP contribution in [0.2, 0.25) is 0 Å². The largest absolute Gasteiger partial charge is 0.459 e. The Kier molecular flexibility index (Phi) is 5.56. The van der Waals surface area contributed by atoms with E-state index in [4.69, 9.17) is 9.47 Å². The van der Waals surface area contributed by atoms with Crippen molar-refractivity contribution in [2.24, 2.45) is 0 Å². The summed E-state index contributed by atoms with van der Waals surface area (Å²) in [6, 6.07) is 8.85. The fraction of sp³-hybridized carbons (Fsp3) is 0.562. The molecule has 0 radical (unpaired) electrons. The fourth-order valence-corrected chi connectivity index (χ4v) is 2.45. The molecular weight excluding hydrogens is 256 g/mol. The van der Waals surface area contributed by atoms with E-state index in [9.17, 15) is 9.90 Å². The predicted molar refractivity (Wildman–Crippen MR) is 75.5 cm³/mol. The summed E-state index contributed by atoms with van der Waals surface area (Å²) in [7, 11) is 0. The van der Waals surface area contributed by atoms with Crippen molar-refractivity contribution < 1.29 is 19.4 Å². The molecule has 0 aliphatic carbocycles. The van der Waals surface area contributed by atoms with E-state index in [2.05, 4.69) is 6.92 Å². The summed E-state index contributed by atoms with van der Waals surface area (Å²) >= 11 is 0. The molecule has 1 saturated heterocycles. The number of carbonyl (C=O) groups is 1. The van der Waals surface area contributed by atoms with Crippen molar-refractivity contribution >= 4 is 5.97 Å². The first-order chi connectivity index (χ1) is 9.70. The van der Waals surface area contributed by atoms with Crippen LogP contribution in [0, 0.1) is 0 Å². The molecule has 110 valence electrons. The highest BCUT2D eigenvalue weighted by atomic mass is 16.6. The molecular formula is C16H22O4. The maximum absolute atomic E-state index is 11.8. The third kappa shape index (κ3) is 4.05. The molecule has 2 rings (SSSR count). The summed E-state index contributed by atoms with van der Waals surface area (Å²) in [5.74, 6) is -0.376. The number of aliphatic hydroxyl groups is 1. The lowest BCUT2D eigenvalue weighted by Crippen LogP contribution is -2.42. The van der Waals surface area contributed by atoms with E-state index in [1.165, 1.54) is 0 Å². The summed E-state index contributed by atoms with van der Waals surface area (Å²) in [5, 5.41) is 9.92. The average molecular weight is 278 g/mol. The van der Waals surface area contributed by atoms with Crippen molar-refractivity contribution in [3.05, 3.63) is 35.9 Å². The first-order valence-corrected chi connectivity index (χ1v) is 7.26. The number of hydrogen-bond acceptors (Lipinski definition) is 4. The second kappa shape index (κ2) is 7.41. The summed E-state index contributed by atoms with van der Waals surface area (Å²) in [4.78, 5) is 11.8. The maximum Gasteiger partial charge on any atom is 0.338 e. The van der Waals surface area contributed by atoms with Crippen molar-refractivity contribution in [2.45, 2.75) is 50.9 Å². The van der Waals surface area contributed by atoms with Crippen LogP contribution in [0.5, 0.6) is 0 Å². The van der Waals surface area contributed by atoms with Gasteiger partial charge in [0, 0.05) is 0 Å². The molecule has 1 N–H and O–H groups in total. The molecule has 4 nitrogen and oxygen atoms in total. The lowest BCUT2D eigenvalue weighted by atomic mass is 9.99. The second-order valence-electron chi connectivity index (χ2n) is 5.19. The van der Waals surface area contributed by atoms with E-state index >= 15 is 0 Å². The first-order valence-electron chi connectivity index (χ1n) is 7.26. The lowest BCUT2D eigenvalue weighted by Gasteiger charge is -2.33. The van der Waals surface area contributed by atoms with E-state index in [-0.39, 0.29) is 18.7 Å². The Bertz CT molecular complexity index is 418. The monoisotopic (exact) mass is 278 g/mol. The zero-order valence-corrected chi connectivity index (χ0v) is 11.8. The molecule has 0 spiro atoms. The van der Waals surface area contributed by atoms with Gasteiger partial charge in [0.1, 0.15) is 12.7 Å². The predicted octanol–water partition coefficient (Wildman–Crippen LogP) is 2.55. The molecule has 1 aliphatic rings. The molecule has 1 aromatic carbocycles. The number of esters is 1. The Morgan fingerprint density at radius 1 is 1.35 bits per heavy atom. The minimum Gasteiger partial charge on any atom is -0.459 e. The molecule has 1 heterocycles. The molecule has 1 aromatic rings. The third-order valence-corrected chi connectivity index (χ3v) is 3.58. The molecule has 0 amide bonds. The van der Waals surface area contributed by atoms with Crippen LogP contribution in [0.1, 0.15) is 43.0 Å². The van der Waals surface area contributed by atoms with Crippen LogP contribution < -0.4 is 0 Å². The highest BCUT2D eigenvalue weighted by Gasteiger charge is 2.30. The molecule has 1 aliphatic heterocycles. The Hall–Kier alpha value is -1.39. The maximum atomic E-state index is 11.8. The molecule has 0 saturated carbocycles. The van der Waals surface area contributed by atoms with E-state index in [0.29, 0.717) is 12.0 Å². The Balaban J connectivity index is 1.84. The summed E-state index contributed by atoms with van der Waals surface area (Å²) in [6.07, 6.45) is 2.83. The van der Waals surface area contributed by atoms with E-state index in [1.807, 2.05) is 6.07 Å². The highest BCUT2D eigenvalue weighted by molar-refractivity contribution is 5.89. The standard InChI is InChI=1S/C16H22O4/c1-2-6-13-9-10-14(17)15(20-13)11-19-16(18)12-7-4-3-5-8-12/h3-5,7-8,13-15,17H,2,6,9-11H2,1H3/t13-,14+,15-/m1/s1. The topological polar surface area (TPSA) is 55.8 Å². The van der Waals surface area contributed by atoms with Gasteiger partial charge in [-0.2, -0.15) is 0 Å². The van der Waals surface area contributed by atoms with Crippen LogP contribution in [-0.2, 0) is 9.47 Å². The first kappa shape index (κ1) is 15.0. The van der Waals surface area contributed by atoms with Gasteiger partial charge in [0.25, 0.3) is 0 Å². The normalized spacial score (nSPS) is 26.2.